The van der Waals surface area contributed by atoms with Gasteiger partial charge in [-0.15, -0.1) is 0 Å². The minimum absolute atomic E-state index is 0.00732. The molecule has 5 N–H and O–H groups in total. The van der Waals surface area contributed by atoms with Crippen molar-refractivity contribution in [2.45, 2.75) is 31.7 Å². The fraction of sp³-hybridized carbons (Fsp3) is 0.200. The number of phenolic OH excluding ortho intramolecular Hbond substituents is 1. The Balaban J connectivity index is 1.57. The van der Waals surface area contributed by atoms with Crippen LogP contribution in [0.15, 0.2) is 71.3 Å². The smallest absolute Gasteiger partial charge is 0.292 e. The van der Waals surface area contributed by atoms with Crippen molar-refractivity contribution in [3.05, 3.63) is 84.1 Å². The number of anilines is 2. The molecule has 0 radical (unpaired) electrons. The molecule has 4 aromatic rings. The Morgan fingerprint density at radius 3 is 2.60 bits per heavy atom. The van der Waals surface area contributed by atoms with Crippen LogP contribution in [-0.4, -0.2) is 27.9 Å². The monoisotopic (exact) mass is 539 g/mol. The van der Waals surface area contributed by atoms with E-state index in [9.17, 15) is 24.3 Å². The van der Waals surface area contributed by atoms with Crippen LogP contribution in [0.2, 0.25) is 0 Å². The van der Waals surface area contributed by atoms with Gasteiger partial charge in [0.05, 0.1) is 17.9 Å². The lowest BCUT2D eigenvalue weighted by Crippen LogP contribution is -2.40. The lowest BCUT2D eigenvalue weighted by molar-refractivity contribution is -0.121. The molecule has 0 saturated heterocycles. The van der Waals surface area contributed by atoms with Gasteiger partial charge in [0.25, 0.3) is 5.91 Å². The van der Waals surface area contributed by atoms with E-state index in [0.29, 0.717) is 16.8 Å². The summed E-state index contributed by atoms with van der Waals surface area (Å²) in [4.78, 5) is 30.2. The van der Waals surface area contributed by atoms with Crippen molar-refractivity contribution in [1.29, 1.82) is 5.26 Å². The molecule has 0 unspecified atom stereocenters. The van der Waals surface area contributed by atoms with Crippen molar-refractivity contribution < 1.29 is 23.5 Å². The number of nitrogens with two attached hydrogens (primary N) is 1. The van der Waals surface area contributed by atoms with Crippen molar-refractivity contribution in [1.82, 2.24) is 4.98 Å². The fourth-order valence-electron chi connectivity index (χ4n) is 4.90. The SMILES string of the molecule is N#Cc1c(-c2cccc(NC(=O)[C@@H]3CCCC[C@H]3N)c2)cc(-c2ccc(F)cc2O)nc1NC(=O)c1ccco1. The van der Waals surface area contributed by atoms with Crippen LogP contribution in [0.25, 0.3) is 22.4 Å². The van der Waals surface area contributed by atoms with Crippen molar-refractivity contribution in [3.63, 3.8) is 0 Å². The summed E-state index contributed by atoms with van der Waals surface area (Å²) >= 11 is 0. The van der Waals surface area contributed by atoms with Crippen LogP contribution >= 0.6 is 0 Å². The first-order valence-electron chi connectivity index (χ1n) is 12.8. The predicted octanol–water partition coefficient (Wildman–Crippen LogP) is 5.43. The molecule has 2 aromatic heterocycles. The van der Waals surface area contributed by atoms with E-state index in [1.54, 1.807) is 36.4 Å². The van der Waals surface area contributed by atoms with E-state index >= 15 is 0 Å². The topological polar surface area (TPSA) is 154 Å². The van der Waals surface area contributed by atoms with Gasteiger partial charge >= 0.3 is 0 Å². The lowest BCUT2D eigenvalue weighted by Gasteiger charge is -2.27. The highest BCUT2D eigenvalue weighted by molar-refractivity contribution is 6.03. The Labute approximate surface area is 229 Å². The van der Waals surface area contributed by atoms with Crippen molar-refractivity contribution in [2.75, 3.05) is 10.6 Å². The third-order valence-electron chi connectivity index (χ3n) is 6.94. The standard InChI is InChI=1S/C30H26FN5O4/c31-18-10-11-21(26(37)14-18)25-15-22(23(16-32)28(35-25)36-30(39)27-9-4-12-40-27)17-5-3-6-19(13-17)34-29(38)20-7-1-2-8-24(20)33/h3-6,9-15,20,24,37H,1-2,7-8,33H2,(H,34,38)(H,35,36,39)/t20-,24-/m1/s1. The van der Waals surface area contributed by atoms with E-state index in [4.69, 9.17) is 10.2 Å². The number of carbonyl (C=O) groups is 2. The van der Waals surface area contributed by atoms with Crippen LogP contribution in [0.3, 0.4) is 0 Å². The molecule has 40 heavy (non-hydrogen) atoms. The molecular weight excluding hydrogens is 513 g/mol. The molecule has 1 aliphatic rings. The average molecular weight is 540 g/mol. The van der Waals surface area contributed by atoms with Gasteiger partial charge in [-0.2, -0.15) is 5.26 Å². The van der Waals surface area contributed by atoms with Crippen LogP contribution in [0, 0.1) is 23.1 Å². The number of phenols is 1. The number of amides is 2. The summed E-state index contributed by atoms with van der Waals surface area (Å²) in [6.45, 7) is 0. The van der Waals surface area contributed by atoms with Crippen LogP contribution in [-0.2, 0) is 4.79 Å². The normalized spacial score (nSPS) is 16.6. The number of halogens is 1. The number of aromatic nitrogens is 1. The predicted molar refractivity (Wildman–Crippen MR) is 147 cm³/mol. The second kappa shape index (κ2) is 11.4. The Hall–Kier alpha value is -5.01. The molecule has 9 nitrogen and oxygen atoms in total. The summed E-state index contributed by atoms with van der Waals surface area (Å²) in [5, 5.41) is 26.1. The van der Waals surface area contributed by atoms with Gasteiger partial charge in [-0.3, -0.25) is 9.59 Å². The van der Waals surface area contributed by atoms with Gasteiger partial charge in [-0.1, -0.05) is 25.0 Å². The highest BCUT2D eigenvalue weighted by Gasteiger charge is 2.28. The summed E-state index contributed by atoms with van der Waals surface area (Å²) < 4.78 is 18.9. The van der Waals surface area contributed by atoms with E-state index in [1.807, 2.05) is 0 Å². The number of hydrogen-bond donors (Lipinski definition) is 4. The van der Waals surface area contributed by atoms with E-state index in [0.717, 1.165) is 31.7 Å². The third kappa shape index (κ3) is 5.55. The van der Waals surface area contributed by atoms with Gasteiger partial charge in [0.2, 0.25) is 5.91 Å². The molecule has 2 heterocycles. The molecule has 2 amide bonds. The van der Waals surface area contributed by atoms with Gasteiger partial charge in [0.1, 0.15) is 23.2 Å². The molecule has 1 aliphatic carbocycles. The van der Waals surface area contributed by atoms with Crippen molar-refractivity contribution in [2.24, 2.45) is 11.7 Å². The molecule has 5 rings (SSSR count). The van der Waals surface area contributed by atoms with Crippen molar-refractivity contribution in [3.8, 4) is 34.2 Å². The van der Waals surface area contributed by atoms with Crippen LogP contribution < -0.4 is 16.4 Å². The lowest BCUT2D eigenvalue weighted by atomic mass is 9.84. The van der Waals surface area contributed by atoms with Gasteiger partial charge in [-0.25, -0.2) is 9.37 Å². The number of furan rings is 1. The zero-order valence-electron chi connectivity index (χ0n) is 21.4. The number of nitriles is 1. The number of aromatic hydroxyl groups is 1. The third-order valence-corrected chi connectivity index (χ3v) is 6.94. The molecule has 0 bridgehead atoms. The summed E-state index contributed by atoms with van der Waals surface area (Å²) in [5.74, 6) is -2.16. The second-order valence-corrected chi connectivity index (χ2v) is 9.61. The number of benzene rings is 2. The van der Waals surface area contributed by atoms with E-state index in [2.05, 4.69) is 21.7 Å². The second-order valence-electron chi connectivity index (χ2n) is 9.61. The van der Waals surface area contributed by atoms with Crippen molar-refractivity contribution >= 4 is 23.3 Å². The molecule has 2 atom stereocenters. The molecular formula is C30H26FN5O4. The van der Waals surface area contributed by atoms with Gasteiger partial charge < -0.3 is 25.9 Å². The fourth-order valence-corrected chi connectivity index (χ4v) is 4.90. The minimum atomic E-state index is -0.636. The average Bonchev–Trinajstić information content (AvgIpc) is 3.48. The van der Waals surface area contributed by atoms with Crippen LogP contribution in [0.4, 0.5) is 15.9 Å². The Bertz CT molecular complexity index is 1610. The Morgan fingerprint density at radius 2 is 1.88 bits per heavy atom. The number of rotatable bonds is 6. The molecule has 202 valence electrons. The first-order valence-corrected chi connectivity index (χ1v) is 12.8. The maximum atomic E-state index is 13.7. The number of hydrogen-bond acceptors (Lipinski definition) is 7. The number of pyridine rings is 1. The Kier molecular flexibility index (Phi) is 7.57. The van der Waals surface area contributed by atoms with Gasteiger partial charge in [0, 0.05) is 28.9 Å². The first kappa shape index (κ1) is 26.6. The van der Waals surface area contributed by atoms with E-state index in [1.165, 1.54) is 24.5 Å². The minimum Gasteiger partial charge on any atom is -0.507 e. The van der Waals surface area contributed by atoms with Gasteiger partial charge in [-0.05, 0) is 60.9 Å². The van der Waals surface area contributed by atoms with E-state index in [-0.39, 0.29) is 52.0 Å². The summed E-state index contributed by atoms with van der Waals surface area (Å²) in [6.07, 6.45) is 4.81. The van der Waals surface area contributed by atoms with E-state index < -0.39 is 11.7 Å². The highest BCUT2D eigenvalue weighted by Crippen LogP contribution is 2.37. The zero-order valence-corrected chi connectivity index (χ0v) is 21.4. The number of carbonyl (C=O) groups excluding carboxylic acids is 2. The molecule has 1 saturated carbocycles. The maximum Gasteiger partial charge on any atom is 0.292 e. The molecule has 0 spiro atoms. The number of nitrogens with one attached hydrogen (secondary N) is 2. The maximum absolute atomic E-state index is 13.7. The Morgan fingerprint density at radius 1 is 1.05 bits per heavy atom. The van der Waals surface area contributed by atoms with Gasteiger partial charge in [0.15, 0.2) is 11.6 Å². The van der Waals surface area contributed by atoms with Crippen LogP contribution in [0.5, 0.6) is 5.75 Å². The highest BCUT2D eigenvalue weighted by atomic mass is 19.1. The molecule has 10 heteroatoms. The molecule has 2 aromatic carbocycles. The molecule has 1 fully saturated rings. The summed E-state index contributed by atoms with van der Waals surface area (Å²) in [5.41, 5.74) is 8.03. The first-order chi connectivity index (χ1) is 19.3. The van der Waals surface area contributed by atoms with Crippen LogP contribution in [0.1, 0.15) is 41.8 Å². The summed E-state index contributed by atoms with van der Waals surface area (Å²) in [7, 11) is 0. The quantitative estimate of drug-likeness (QED) is 0.255. The molecule has 0 aliphatic heterocycles. The number of nitrogens with zero attached hydrogens (tertiary/aromatic N) is 2. The zero-order chi connectivity index (χ0) is 28.2. The summed E-state index contributed by atoms with van der Waals surface area (Å²) in [6, 6.07) is 16.8. The largest absolute Gasteiger partial charge is 0.507 e.